The van der Waals surface area contributed by atoms with Crippen molar-refractivity contribution in [2.75, 3.05) is 6.54 Å². The number of hydrogen-bond donors (Lipinski definition) is 3. The van der Waals surface area contributed by atoms with Gasteiger partial charge < -0.3 is 20.2 Å². The zero-order valence-corrected chi connectivity index (χ0v) is 11.7. The van der Waals surface area contributed by atoms with Crippen LogP contribution in [-0.4, -0.2) is 28.4 Å². The van der Waals surface area contributed by atoms with Crippen molar-refractivity contribution in [2.24, 2.45) is 0 Å². The van der Waals surface area contributed by atoms with E-state index in [0.29, 0.717) is 0 Å². The van der Waals surface area contributed by atoms with E-state index in [-0.39, 0.29) is 54.6 Å². The topological polar surface area (TPSA) is 135 Å². The number of aliphatic carboxylic acids is 1. The maximum atomic E-state index is 11.4. The Morgan fingerprint density at radius 2 is 1.94 bits per heavy atom. The minimum Gasteiger partial charge on any atom is -0.550 e. The molecule has 9 heteroatoms. The number of aromatic amines is 2. The zero-order valence-electron chi connectivity index (χ0n) is 9.74. The van der Waals surface area contributed by atoms with Crippen molar-refractivity contribution in [1.82, 2.24) is 15.3 Å². The number of carboxylic acids is 1. The largest absolute Gasteiger partial charge is 1.00 e. The van der Waals surface area contributed by atoms with E-state index in [9.17, 15) is 24.3 Å². The minimum atomic E-state index is -1.20. The van der Waals surface area contributed by atoms with Gasteiger partial charge in [-0.05, 0) is 12.8 Å². The molecule has 0 aliphatic rings. The van der Waals surface area contributed by atoms with Gasteiger partial charge in [0.2, 0.25) is 0 Å². The molecule has 0 atom stereocenters. The number of nitrogens with one attached hydrogen (secondary N) is 3. The molecule has 1 aromatic heterocycles. The molecule has 0 saturated heterocycles. The second kappa shape index (κ2) is 7.85. The SMILES string of the molecule is O=C([O-])CCCNC(=O)c1cc(=O)[nH]c(=O)[nH]1.[Na+]. The Bertz CT molecular complexity index is 507. The fourth-order valence-electron chi connectivity index (χ4n) is 1.12. The molecular formula is C9H10N3NaO5. The van der Waals surface area contributed by atoms with Gasteiger partial charge in [-0.2, -0.15) is 0 Å². The van der Waals surface area contributed by atoms with Gasteiger partial charge in [0, 0.05) is 18.6 Å². The van der Waals surface area contributed by atoms with Gasteiger partial charge in [0.25, 0.3) is 11.5 Å². The molecular weight excluding hydrogens is 253 g/mol. The summed E-state index contributed by atoms with van der Waals surface area (Å²) in [5.41, 5.74) is -1.64. The van der Waals surface area contributed by atoms with Gasteiger partial charge in [-0.15, -0.1) is 0 Å². The average molecular weight is 263 g/mol. The molecule has 1 rings (SSSR count). The Balaban J connectivity index is 0.00000289. The number of amides is 1. The van der Waals surface area contributed by atoms with Gasteiger partial charge in [0.1, 0.15) is 5.69 Å². The van der Waals surface area contributed by atoms with Crippen LogP contribution in [0.1, 0.15) is 23.3 Å². The van der Waals surface area contributed by atoms with Gasteiger partial charge in [-0.25, -0.2) is 4.79 Å². The van der Waals surface area contributed by atoms with E-state index >= 15 is 0 Å². The molecule has 3 N–H and O–H groups in total. The van der Waals surface area contributed by atoms with E-state index in [1.54, 1.807) is 0 Å². The smallest absolute Gasteiger partial charge is 0.550 e. The monoisotopic (exact) mass is 263 g/mol. The van der Waals surface area contributed by atoms with E-state index in [2.05, 4.69) is 10.3 Å². The summed E-state index contributed by atoms with van der Waals surface area (Å²) in [6, 6.07) is 0.940. The quantitative estimate of drug-likeness (QED) is 0.359. The number of hydrogen-bond acceptors (Lipinski definition) is 5. The summed E-state index contributed by atoms with van der Waals surface area (Å²) in [4.78, 5) is 47.3. The van der Waals surface area contributed by atoms with Crippen molar-refractivity contribution in [3.63, 3.8) is 0 Å². The Morgan fingerprint density at radius 3 is 2.50 bits per heavy atom. The molecule has 0 radical (unpaired) electrons. The predicted octanol–water partition coefficient (Wildman–Crippen LogP) is -5.67. The maximum absolute atomic E-state index is 11.4. The van der Waals surface area contributed by atoms with Crippen LogP contribution >= 0.6 is 0 Å². The first kappa shape index (κ1) is 16.6. The zero-order chi connectivity index (χ0) is 12.8. The summed E-state index contributed by atoms with van der Waals surface area (Å²) in [5.74, 6) is -1.85. The second-order valence-electron chi connectivity index (χ2n) is 3.23. The van der Waals surface area contributed by atoms with Crippen LogP contribution < -0.4 is 51.2 Å². The first-order valence-corrected chi connectivity index (χ1v) is 4.81. The number of carboxylic acid groups (broad SMARTS) is 1. The van der Waals surface area contributed by atoms with E-state index in [0.717, 1.165) is 6.07 Å². The number of carbonyl (C=O) groups excluding carboxylic acids is 2. The first-order valence-electron chi connectivity index (χ1n) is 4.81. The van der Waals surface area contributed by atoms with Gasteiger partial charge in [0.05, 0.1) is 0 Å². The van der Waals surface area contributed by atoms with Gasteiger partial charge in [-0.1, -0.05) is 0 Å². The molecule has 1 amide bonds. The molecule has 92 valence electrons. The van der Waals surface area contributed by atoms with Crippen LogP contribution in [-0.2, 0) is 4.79 Å². The third kappa shape index (κ3) is 5.80. The molecule has 0 aliphatic carbocycles. The maximum Gasteiger partial charge on any atom is 1.00 e. The summed E-state index contributed by atoms with van der Waals surface area (Å²) in [6.45, 7) is 0.113. The average Bonchev–Trinajstić information content (AvgIpc) is 2.22. The Hall–Kier alpha value is -1.38. The molecule has 1 heterocycles. The van der Waals surface area contributed by atoms with E-state index < -0.39 is 23.1 Å². The normalized spacial score (nSPS) is 9.33. The van der Waals surface area contributed by atoms with Crippen LogP contribution in [0.25, 0.3) is 0 Å². The van der Waals surface area contributed by atoms with Crippen LogP contribution in [0.2, 0.25) is 0 Å². The van der Waals surface area contributed by atoms with E-state index in [1.807, 2.05) is 4.98 Å². The molecule has 0 bridgehead atoms. The van der Waals surface area contributed by atoms with Gasteiger partial charge in [0.15, 0.2) is 0 Å². The van der Waals surface area contributed by atoms with Crippen molar-refractivity contribution in [2.45, 2.75) is 12.8 Å². The molecule has 0 aliphatic heterocycles. The summed E-state index contributed by atoms with van der Waals surface area (Å²) in [6.07, 6.45) is 0.0354. The summed E-state index contributed by atoms with van der Waals surface area (Å²) in [7, 11) is 0. The Morgan fingerprint density at radius 1 is 1.28 bits per heavy atom. The van der Waals surface area contributed by atoms with Gasteiger partial charge in [-0.3, -0.25) is 14.6 Å². The fraction of sp³-hybridized carbons (Fsp3) is 0.333. The Kier molecular flexibility index (Phi) is 7.25. The molecule has 0 aromatic carbocycles. The van der Waals surface area contributed by atoms with Crippen molar-refractivity contribution < 1.29 is 44.3 Å². The first-order chi connectivity index (χ1) is 7.99. The molecule has 0 unspecified atom stereocenters. The second-order valence-corrected chi connectivity index (χ2v) is 3.23. The summed E-state index contributed by atoms with van der Waals surface area (Å²) in [5, 5.41) is 12.4. The Labute approximate surface area is 123 Å². The number of aromatic nitrogens is 2. The predicted molar refractivity (Wildman–Crippen MR) is 54.3 cm³/mol. The third-order valence-electron chi connectivity index (χ3n) is 1.85. The molecule has 0 spiro atoms. The molecule has 1 aromatic rings. The third-order valence-corrected chi connectivity index (χ3v) is 1.85. The standard InChI is InChI=1S/C9H11N3O5.Na/c13-6-4-5(11-9(17)12-6)8(16)10-3-1-2-7(14)15;/h4H,1-3H2,(H,10,16)(H,14,15)(H2,11,12,13,17);/q;+1/p-1. The van der Waals surface area contributed by atoms with Crippen LogP contribution in [0.4, 0.5) is 0 Å². The van der Waals surface area contributed by atoms with Crippen molar-refractivity contribution in [1.29, 1.82) is 0 Å². The van der Waals surface area contributed by atoms with Gasteiger partial charge >= 0.3 is 35.2 Å². The summed E-state index contributed by atoms with van der Waals surface area (Å²) < 4.78 is 0. The summed E-state index contributed by atoms with van der Waals surface area (Å²) >= 11 is 0. The van der Waals surface area contributed by atoms with E-state index in [4.69, 9.17) is 0 Å². The van der Waals surface area contributed by atoms with Crippen LogP contribution in [0, 0.1) is 0 Å². The van der Waals surface area contributed by atoms with Crippen LogP contribution in [0.3, 0.4) is 0 Å². The van der Waals surface area contributed by atoms with Crippen molar-refractivity contribution in [3.05, 3.63) is 32.6 Å². The number of H-pyrrole nitrogens is 2. The fourth-order valence-corrected chi connectivity index (χ4v) is 1.12. The molecule has 0 fully saturated rings. The molecule has 18 heavy (non-hydrogen) atoms. The van der Waals surface area contributed by atoms with Crippen molar-refractivity contribution >= 4 is 11.9 Å². The number of carbonyl (C=O) groups is 2. The molecule has 0 saturated carbocycles. The van der Waals surface area contributed by atoms with Crippen LogP contribution in [0.5, 0.6) is 0 Å². The number of rotatable bonds is 5. The van der Waals surface area contributed by atoms with E-state index in [1.165, 1.54) is 0 Å². The minimum absolute atomic E-state index is 0. The van der Waals surface area contributed by atoms with Crippen LogP contribution in [0.15, 0.2) is 15.7 Å². The molecule has 8 nitrogen and oxygen atoms in total. The van der Waals surface area contributed by atoms with Crippen molar-refractivity contribution in [3.8, 4) is 0 Å².